The highest BCUT2D eigenvalue weighted by molar-refractivity contribution is 6.40. The van der Waals surface area contributed by atoms with Gasteiger partial charge in [-0.15, -0.1) is 23.2 Å². The fourth-order valence-electron chi connectivity index (χ4n) is 0.303. The van der Waals surface area contributed by atoms with Gasteiger partial charge in [-0.3, -0.25) is 0 Å². The molecule has 3 nitrogen and oxygen atoms in total. The Labute approximate surface area is 67.6 Å². The largest absolute Gasteiger partial charge is 0.387 e. The summed E-state index contributed by atoms with van der Waals surface area (Å²) >= 11 is 9.53. The van der Waals surface area contributed by atoms with Crippen molar-refractivity contribution in [2.75, 3.05) is 5.34 Å². The number of cyclic esters (lactones) is 2. The molecule has 0 bridgehead atoms. The summed E-state index contributed by atoms with van der Waals surface area (Å²) in [5.74, 6) is -1.16. The van der Waals surface area contributed by atoms with E-state index < -0.39 is 11.9 Å². The van der Waals surface area contributed by atoms with E-state index in [9.17, 15) is 9.59 Å². The molecule has 0 spiro atoms. The highest BCUT2D eigenvalue weighted by Crippen LogP contribution is 1.92. The van der Waals surface area contributed by atoms with Gasteiger partial charge in [0.05, 0.1) is 5.34 Å². The molecular weight excluding hydrogens is 179 g/mol. The van der Waals surface area contributed by atoms with Gasteiger partial charge in [-0.2, -0.15) is 0 Å². The first kappa shape index (κ1) is 9.46. The predicted octanol–water partition coefficient (Wildman–Crippen LogP) is 1.05. The molecule has 0 aliphatic carbocycles. The SMILES string of the molecule is ClCCl.O=C1C=CC(=O)O1. The van der Waals surface area contributed by atoms with Crippen molar-refractivity contribution in [3.8, 4) is 0 Å². The molecule has 1 rings (SSSR count). The van der Waals surface area contributed by atoms with Crippen LogP contribution < -0.4 is 0 Å². The van der Waals surface area contributed by atoms with E-state index in [2.05, 4.69) is 4.74 Å². The smallest absolute Gasteiger partial charge is 0.338 e. The van der Waals surface area contributed by atoms with Crippen molar-refractivity contribution < 1.29 is 14.3 Å². The van der Waals surface area contributed by atoms with Crippen molar-refractivity contribution >= 4 is 35.1 Å². The molecule has 0 saturated carbocycles. The molecule has 1 aliphatic rings. The maximum atomic E-state index is 9.92. The fraction of sp³-hybridized carbons (Fsp3) is 0.200. The third-order valence-corrected chi connectivity index (χ3v) is 0.557. The van der Waals surface area contributed by atoms with Crippen LogP contribution in [-0.2, 0) is 14.3 Å². The molecule has 0 radical (unpaired) electrons. The zero-order valence-corrected chi connectivity index (χ0v) is 6.35. The van der Waals surface area contributed by atoms with Gasteiger partial charge in [0.25, 0.3) is 0 Å². The summed E-state index contributed by atoms with van der Waals surface area (Å²) in [4.78, 5) is 19.8. The van der Waals surface area contributed by atoms with Gasteiger partial charge in [0.15, 0.2) is 0 Å². The van der Waals surface area contributed by atoms with Gasteiger partial charge in [0.2, 0.25) is 0 Å². The maximum Gasteiger partial charge on any atom is 0.338 e. The lowest BCUT2D eigenvalue weighted by molar-refractivity contribution is -0.150. The Balaban J connectivity index is 0.000000236. The minimum absolute atomic E-state index is 0.194. The molecule has 0 aromatic rings. The minimum atomic E-state index is -0.579. The van der Waals surface area contributed by atoms with Gasteiger partial charge in [0.1, 0.15) is 0 Å². The van der Waals surface area contributed by atoms with E-state index >= 15 is 0 Å². The topological polar surface area (TPSA) is 43.4 Å². The zero-order valence-electron chi connectivity index (χ0n) is 4.84. The summed E-state index contributed by atoms with van der Waals surface area (Å²) < 4.78 is 3.97. The number of alkyl halides is 2. The Hall–Kier alpha value is -0.540. The highest BCUT2D eigenvalue weighted by atomic mass is 35.5. The van der Waals surface area contributed by atoms with Crippen molar-refractivity contribution in [3.63, 3.8) is 0 Å². The van der Waals surface area contributed by atoms with Crippen LogP contribution >= 0.6 is 23.2 Å². The molecule has 5 heteroatoms. The van der Waals surface area contributed by atoms with Crippen LogP contribution in [0.15, 0.2) is 12.2 Å². The van der Waals surface area contributed by atoms with Gasteiger partial charge in [-0.25, -0.2) is 9.59 Å². The molecule has 0 amide bonds. The van der Waals surface area contributed by atoms with Crippen LogP contribution in [0.1, 0.15) is 0 Å². The fourth-order valence-corrected chi connectivity index (χ4v) is 0.303. The standard InChI is InChI=1S/C4H2O3.CH2Cl2/c5-3-1-2-4(6)7-3;2-1-3/h1-2H;1H2. The Bertz CT molecular complexity index is 148. The Morgan fingerprint density at radius 1 is 1.20 bits per heavy atom. The van der Waals surface area contributed by atoms with Crippen LogP contribution in [0.5, 0.6) is 0 Å². The van der Waals surface area contributed by atoms with Crippen LogP contribution in [0.2, 0.25) is 0 Å². The van der Waals surface area contributed by atoms with Crippen molar-refractivity contribution in [1.82, 2.24) is 0 Å². The summed E-state index contributed by atoms with van der Waals surface area (Å²) in [6.45, 7) is 0. The average molecular weight is 183 g/mol. The first-order valence-electron chi connectivity index (χ1n) is 2.26. The van der Waals surface area contributed by atoms with Crippen LogP contribution in [0.25, 0.3) is 0 Å². The molecular formula is C5H4Cl2O3. The molecule has 0 saturated heterocycles. The van der Waals surface area contributed by atoms with Crippen molar-refractivity contribution in [2.24, 2.45) is 0 Å². The van der Waals surface area contributed by atoms with Gasteiger partial charge in [-0.05, 0) is 0 Å². The van der Waals surface area contributed by atoms with E-state index in [0.29, 0.717) is 0 Å². The third-order valence-electron chi connectivity index (χ3n) is 0.557. The lowest BCUT2D eigenvalue weighted by Crippen LogP contribution is -1.96. The molecule has 0 unspecified atom stereocenters. The van der Waals surface area contributed by atoms with E-state index in [1.54, 1.807) is 0 Å². The molecule has 1 heterocycles. The monoisotopic (exact) mass is 182 g/mol. The van der Waals surface area contributed by atoms with Gasteiger partial charge in [0, 0.05) is 12.2 Å². The zero-order chi connectivity index (χ0) is 7.98. The van der Waals surface area contributed by atoms with Crippen LogP contribution in [0.3, 0.4) is 0 Å². The van der Waals surface area contributed by atoms with Crippen molar-refractivity contribution in [3.05, 3.63) is 12.2 Å². The van der Waals surface area contributed by atoms with E-state index in [1.807, 2.05) is 0 Å². The number of hydrogen-bond donors (Lipinski definition) is 0. The summed E-state index contributed by atoms with van der Waals surface area (Å²) in [5, 5.41) is 0.194. The molecule has 0 fully saturated rings. The van der Waals surface area contributed by atoms with E-state index in [1.165, 1.54) is 0 Å². The molecule has 0 atom stereocenters. The first-order chi connectivity index (χ1) is 4.70. The number of esters is 2. The Kier molecular flexibility index (Phi) is 4.98. The second kappa shape index (κ2) is 5.26. The van der Waals surface area contributed by atoms with E-state index in [-0.39, 0.29) is 5.34 Å². The van der Waals surface area contributed by atoms with Crippen LogP contribution in [-0.4, -0.2) is 17.3 Å². The summed E-state index contributed by atoms with van der Waals surface area (Å²) in [6.07, 6.45) is 2.17. The van der Waals surface area contributed by atoms with Crippen LogP contribution in [0.4, 0.5) is 0 Å². The van der Waals surface area contributed by atoms with Crippen molar-refractivity contribution in [1.29, 1.82) is 0 Å². The number of ether oxygens (including phenoxy) is 1. The summed E-state index contributed by atoms with van der Waals surface area (Å²) in [5.41, 5.74) is 0. The van der Waals surface area contributed by atoms with Crippen molar-refractivity contribution in [2.45, 2.75) is 0 Å². The van der Waals surface area contributed by atoms with Gasteiger partial charge < -0.3 is 4.74 Å². The normalized spacial score (nSPS) is 14.2. The predicted molar refractivity (Wildman–Crippen MR) is 36.8 cm³/mol. The number of hydrogen-bond acceptors (Lipinski definition) is 3. The molecule has 0 aromatic heterocycles. The average Bonchev–Trinajstić information content (AvgIpc) is 2.17. The van der Waals surface area contributed by atoms with E-state index in [0.717, 1.165) is 12.2 Å². The minimum Gasteiger partial charge on any atom is -0.387 e. The number of halogens is 2. The molecule has 56 valence electrons. The third kappa shape index (κ3) is 4.35. The summed E-state index contributed by atoms with van der Waals surface area (Å²) in [7, 11) is 0. The number of carbonyl (C=O) groups excluding carboxylic acids is 2. The van der Waals surface area contributed by atoms with Gasteiger partial charge in [-0.1, -0.05) is 0 Å². The van der Waals surface area contributed by atoms with E-state index in [4.69, 9.17) is 23.2 Å². The van der Waals surface area contributed by atoms with Gasteiger partial charge >= 0.3 is 11.9 Å². The van der Waals surface area contributed by atoms with Crippen LogP contribution in [0, 0.1) is 0 Å². The molecule has 1 aliphatic heterocycles. The molecule has 10 heavy (non-hydrogen) atoms. The Morgan fingerprint density at radius 3 is 1.60 bits per heavy atom. The second-order valence-corrected chi connectivity index (χ2v) is 1.98. The summed E-state index contributed by atoms with van der Waals surface area (Å²) in [6, 6.07) is 0. The Morgan fingerprint density at radius 2 is 1.50 bits per heavy atom. The second-order valence-electron chi connectivity index (χ2n) is 1.17. The molecule has 0 N–H and O–H groups in total. The first-order valence-corrected chi connectivity index (χ1v) is 3.33. The maximum absolute atomic E-state index is 9.92. The molecule has 0 aromatic carbocycles. The number of rotatable bonds is 0. The highest BCUT2D eigenvalue weighted by Gasteiger charge is 2.10. The number of carbonyl (C=O) groups is 2. The lowest BCUT2D eigenvalue weighted by atomic mass is 10.6. The lowest BCUT2D eigenvalue weighted by Gasteiger charge is -1.80. The quantitative estimate of drug-likeness (QED) is 0.320.